The molecule has 1 aromatic carbocycles. The molecule has 0 radical (unpaired) electrons. The van der Waals surface area contributed by atoms with Crippen molar-refractivity contribution in [3.8, 4) is 0 Å². The summed E-state index contributed by atoms with van der Waals surface area (Å²) in [5, 5.41) is 2.68. The van der Waals surface area contributed by atoms with Gasteiger partial charge in [-0.3, -0.25) is 10.1 Å². The first-order valence-corrected chi connectivity index (χ1v) is 6.16. The first-order valence-electron chi connectivity index (χ1n) is 4.58. The van der Waals surface area contributed by atoms with Crippen LogP contribution in [0.4, 0.5) is 5.95 Å². The third-order valence-electron chi connectivity index (χ3n) is 2.21. The molecule has 0 saturated heterocycles. The Labute approximate surface area is 109 Å². The molecular weight excluding hydrogens is 338 g/mol. The van der Waals surface area contributed by atoms with Crippen LogP contribution in [0.25, 0.3) is 11.0 Å². The molecule has 0 unspecified atom stereocenters. The van der Waals surface area contributed by atoms with Crippen LogP contribution in [0.2, 0.25) is 0 Å². The fourth-order valence-corrected chi connectivity index (χ4v) is 2.12. The zero-order chi connectivity index (χ0) is 11.9. The van der Waals surface area contributed by atoms with E-state index in [2.05, 4.69) is 42.2 Å². The molecule has 0 saturated carbocycles. The van der Waals surface area contributed by atoms with E-state index in [1.165, 1.54) is 6.92 Å². The number of halogens is 2. The summed E-state index contributed by atoms with van der Waals surface area (Å²) < 4.78 is 3.73. The number of rotatable bonds is 1. The Morgan fingerprint density at radius 2 is 2.00 bits per heavy atom. The number of anilines is 1. The predicted molar refractivity (Wildman–Crippen MR) is 70.4 cm³/mol. The van der Waals surface area contributed by atoms with E-state index in [0.29, 0.717) is 5.95 Å². The first kappa shape index (κ1) is 11.6. The topological polar surface area (TPSA) is 46.9 Å². The molecule has 0 aliphatic carbocycles. The monoisotopic (exact) mass is 345 g/mol. The van der Waals surface area contributed by atoms with Crippen LogP contribution in [0.15, 0.2) is 21.1 Å². The number of benzene rings is 1. The van der Waals surface area contributed by atoms with Gasteiger partial charge in [-0.2, -0.15) is 0 Å². The standard InChI is InChI=1S/C10H9Br2N3O/c1-5(16)13-10-14-8-3-6(11)7(12)4-9(8)15(10)2/h3-4H,1-2H3,(H,13,14,16). The fraction of sp³-hybridized carbons (Fsp3) is 0.200. The molecular formula is C10H9Br2N3O. The summed E-state index contributed by atoms with van der Waals surface area (Å²) in [6.45, 7) is 1.46. The molecule has 0 spiro atoms. The zero-order valence-corrected chi connectivity index (χ0v) is 11.9. The molecule has 1 aromatic heterocycles. The highest BCUT2D eigenvalue weighted by molar-refractivity contribution is 9.13. The molecule has 0 atom stereocenters. The molecule has 84 valence electrons. The van der Waals surface area contributed by atoms with E-state index in [1.807, 2.05) is 23.7 Å². The molecule has 0 fully saturated rings. The lowest BCUT2D eigenvalue weighted by molar-refractivity contribution is -0.114. The summed E-state index contributed by atoms with van der Waals surface area (Å²) in [7, 11) is 1.86. The van der Waals surface area contributed by atoms with Crippen molar-refractivity contribution in [2.45, 2.75) is 6.92 Å². The van der Waals surface area contributed by atoms with Gasteiger partial charge in [0, 0.05) is 22.9 Å². The van der Waals surface area contributed by atoms with E-state index in [4.69, 9.17) is 0 Å². The molecule has 0 bridgehead atoms. The largest absolute Gasteiger partial charge is 0.313 e. The normalized spacial score (nSPS) is 10.8. The highest BCUT2D eigenvalue weighted by Gasteiger charge is 2.10. The molecule has 2 rings (SSSR count). The van der Waals surface area contributed by atoms with E-state index < -0.39 is 0 Å². The number of imidazole rings is 1. The molecule has 6 heteroatoms. The van der Waals surface area contributed by atoms with Crippen LogP contribution in [0, 0.1) is 0 Å². The summed E-state index contributed by atoms with van der Waals surface area (Å²) in [4.78, 5) is 15.3. The van der Waals surface area contributed by atoms with Gasteiger partial charge in [-0.15, -0.1) is 0 Å². The van der Waals surface area contributed by atoms with Gasteiger partial charge in [-0.05, 0) is 44.0 Å². The van der Waals surface area contributed by atoms with E-state index in [0.717, 1.165) is 20.0 Å². The Bertz CT molecular complexity index is 577. The van der Waals surface area contributed by atoms with Gasteiger partial charge < -0.3 is 4.57 Å². The molecule has 0 aliphatic rings. The lowest BCUT2D eigenvalue weighted by atomic mass is 10.3. The predicted octanol–water partition coefficient (Wildman–Crippen LogP) is 3.06. The van der Waals surface area contributed by atoms with Crippen molar-refractivity contribution in [2.24, 2.45) is 7.05 Å². The van der Waals surface area contributed by atoms with E-state index in [1.54, 1.807) is 0 Å². The molecule has 1 N–H and O–H groups in total. The Morgan fingerprint density at radius 3 is 2.62 bits per heavy atom. The number of nitrogens with zero attached hydrogens (tertiary/aromatic N) is 2. The maximum atomic E-state index is 11.0. The second kappa shape index (κ2) is 4.18. The zero-order valence-electron chi connectivity index (χ0n) is 8.71. The quantitative estimate of drug-likeness (QED) is 0.862. The van der Waals surface area contributed by atoms with Gasteiger partial charge in [0.1, 0.15) is 0 Å². The minimum Gasteiger partial charge on any atom is -0.313 e. The number of carbonyl (C=O) groups is 1. The molecule has 1 amide bonds. The van der Waals surface area contributed by atoms with Gasteiger partial charge in [0.05, 0.1) is 11.0 Å². The minimum absolute atomic E-state index is 0.128. The number of aryl methyl sites for hydroxylation is 1. The number of hydrogen-bond acceptors (Lipinski definition) is 2. The number of aromatic nitrogens is 2. The summed E-state index contributed by atoms with van der Waals surface area (Å²) in [5.41, 5.74) is 1.79. The van der Waals surface area contributed by atoms with Crippen molar-refractivity contribution in [1.29, 1.82) is 0 Å². The fourth-order valence-electron chi connectivity index (χ4n) is 1.46. The SMILES string of the molecule is CC(=O)Nc1nc2cc(Br)c(Br)cc2n1C. The van der Waals surface area contributed by atoms with Crippen molar-refractivity contribution in [3.63, 3.8) is 0 Å². The van der Waals surface area contributed by atoms with Crippen LogP contribution >= 0.6 is 31.9 Å². The van der Waals surface area contributed by atoms with Gasteiger partial charge in [0.15, 0.2) is 0 Å². The van der Waals surface area contributed by atoms with Crippen molar-refractivity contribution >= 4 is 54.7 Å². The molecule has 16 heavy (non-hydrogen) atoms. The summed E-state index contributed by atoms with van der Waals surface area (Å²) in [5.74, 6) is 0.420. The Morgan fingerprint density at radius 1 is 1.38 bits per heavy atom. The highest BCUT2D eigenvalue weighted by atomic mass is 79.9. The lowest BCUT2D eigenvalue weighted by Gasteiger charge is -2.01. The number of carbonyl (C=O) groups excluding carboxylic acids is 1. The van der Waals surface area contributed by atoms with E-state index in [9.17, 15) is 4.79 Å². The Balaban J connectivity index is 2.63. The third-order valence-corrected chi connectivity index (χ3v) is 4.05. The number of fused-ring (bicyclic) bond motifs is 1. The summed E-state index contributed by atoms with van der Waals surface area (Å²) in [6, 6.07) is 3.86. The average molecular weight is 347 g/mol. The second-order valence-corrected chi connectivity index (χ2v) is 5.14. The lowest BCUT2D eigenvalue weighted by Crippen LogP contribution is -2.10. The Hall–Kier alpha value is -0.880. The van der Waals surface area contributed by atoms with Gasteiger partial charge in [-0.25, -0.2) is 4.98 Å². The average Bonchev–Trinajstić information content (AvgIpc) is 2.45. The molecule has 2 aromatic rings. The van der Waals surface area contributed by atoms with E-state index in [-0.39, 0.29) is 5.91 Å². The van der Waals surface area contributed by atoms with Crippen LogP contribution in [0.3, 0.4) is 0 Å². The van der Waals surface area contributed by atoms with Gasteiger partial charge in [-0.1, -0.05) is 0 Å². The summed E-state index contributed by atoms with van der Waals surface area (Å²) in [6.07, 6.45) is 0. The van der Waals surface area contributed by atoms with Gasteiger partial charge in [0.25, 0.3) is 0 Å². The molecule has 0 aliphatic heterocycles. The van der Waals surface area contributed by atoms with Crippen molar-refractivity contribution in [1.82, 2.24) is 9.55 Å². The van der Waals surface area contributed by atoms with Crippen molar-refractivity contribution in [2.75, 3.05) is 5.32 Å². The van der Waals surface area contributed by atoms with Crippen LogP contribution < -0.4 is 5.32 Å². The summed E-state index contributed by atoms with van der Waals surface area (Å²) >= 11 is 6.85. The van der Waals surface area contributed by atoms with Crippen molar-refractivity contribution in [3.05, 3.63) is 21.1 Å². The number of hydrogen-bond donors (Lipinski definition) is 1. The van der Waals surface area contributed by atoms with Gasteiger partial charge in [0.2, 0.25) is 11.9 Å². The van der Waals surface area contributed by atoms with Crippen LogP contribution in [-0.4, -0.2) is 15.5 Å². The number of amides is 1. The maximum absolute atomic E-state index is 11.0. The van der Waals surface area contributed by atoms with E-state index >= 15 is 0 Å². The smallest absolute Gasteiger partial charge is 0.223 e. The highest BCUT2D eigenvalue weighted by Crippen LogP contribution is 2.29. The minimum atomic E-state index is -0.128. The second-order valence-electron chi connectivity index (χ2n) is 3.43. The van der Waals surface area contributed by atoms with Crippen LogP contribution in [-0.2, 0) is 11.8 Å². The van der Waals surface area contributed by atoms with Crippen LogP contribution in [0.1, 0.15) is 6.92 Å². The Kier molecular flexibility index (Phi) is 3.03. The molecule has 4 nitrogen and oxygen atoms in total. The third kappa shape index (κ3) is 1.99. The molecule has 1 heterocycles. The maximum Gasteiger partial charge on any atom is 0.223 e. The number of nitrogens with one attached hydrogen (secondary N) is 1. The van der Waals surface area contributed by atoms with Crippen LogP contribution in [0.5, 0.6) is 0 Å². The first-order chi connectivity index (χ1) is 7.49. The van der Waals surface area contributed by atoms with Gasteiger partial charge >= 0.3 is 0 Å². The van der Waals surface area contributed by atoms with Crippen molar-refractivity contribution < 1.29 is 4.79 Å².